The van der Waals surface area contributed by atoms with Gasteiger partial charge in [-0.15, -0.1) is 0 Å². The van der Waals surface area contributed by atoms with Gasteiger partial charge in [0, 0.05) is 44.7 Å². The maximum Gasteiger partial charge on any atom is 0.137 e. The summed E-state index contributed by atoms with van der Waals surface area (Å²) < 4.78 is 6.93. The van der Waals surface area contributed by atoms with E-state index in [4.69, 9.17) is 4.42 Å². The average molecular weight is 852 g/mol. The maximum absolute atomic E-state index is 6.93. The van der Waals surface area contributed by atoms with Gasteiger partial charge in [0.1, 0.15) is 11.2 Å². The maximum atomic E-state index is 6.93. The molecule has 6 atom stereocenters. The van der Waals surface area contributed by atoms with Crippen LogP contribution in [0.2, 0.25) is 0 Å². The third-order valence-electron chi connectivity index (χ3n) is 18.2. The minimum atomic E-state index is 0.0860. The molecule has 6 aliphatic carbocycles. The first-order valence-corrected chi connectivity index (χ1v) is 25.0. The van der Waals surface area contributed by atoms with Crippen LogP contribution in [0, 0.1) is 29.6 Å². The number of hydrogen-bond donors (Lipinski definition) is 0. The standard InChI is InChI=1S/C64H53NO/c1-39-31-44-34-60-54(44)36-45(32-39)64(60)57-16-8-6-14-50(57)55-33-42(20-28-58(55)64)43-19-25-52-53-27-24-48(38-62(53)66-61(52)35-43)65(46-21-17-41(18-22-46)40-11-3-2-4-12-40)47-23-26-51-49-13-5-7-15-56(49)63(59(51)37-47)29-9-10-30-63/h2-8,11-28,33,35,37-39,44-45,54,60H,9-10,29-32,34,36H2,1H3/t39-,44?,45+,54?,60-,64+/m1/s1. The van der Waals surface area contributed by atoms with Gasteiger partial charge >= 0.3 is 0 Å². The minimum Gasteiger partial charge on any atom is -0.456 e. The van der Waals surface area contributed by atoms with Crippen molar-refractivity contribution in [3.8, 4) is 44.5 Å². The zero-order valence-corrected chi connectivity index (χ0v) is 37.6. The van der Waals surface area contributed by atoms with Crippen molar-refractivity contribution >= 4 is 39.0 Å². The zero-order chi connectivity index (χ0) is 43.3. The van der Waals surface area contributed by atoms with Gasteiger partial charge in [-0.1, -0.05) is 135 Å². The number of rotatable bonds is 5. The number of furan rings is 1. The molecule has 0 N–H and O–H groups in total. The van der Waals surface area contributed by atoms with Crippen molar-refractivity contribution < 1.29 is 4.42 Å². The lowest BCUT2D eigenvalue weighted by Crippen LogP contribution is -2.47. The Morgan fingerprint density at radius 1 is 0.455 bits per heavy atom. The summed E-state index contributed by atoms with van der Waals surface area (Å²) >= 11 is 0. The van der Waals surface area contributed by atoms with Gasteiger partial charge in [0.15, 0.2) is 0 Å². The normalized spacial score (nSPS) is 24.6. The van der Waals surface area contributed by atoms with Crippen LogP contribution in [0.3, 0.4) is 0 Å². The van der Waals surface area contributed by atoms with E-state index in [1.54, 1.807) is 11.1 Å². The average Bonchev–Trinajstić information content (AvgIpc) is 4.15. The second-order valence-electron chi connectivity index (χ2n) is 21.3. The Kier molecular flexibility index (Phi) is 7.80. The highest BCUT2D eigenvalue weighted by Crippen LogP contribution is 2.73. The molecular weight excluding hydrogens is 799 g/mol. The molecule has 15 rings (SSSR count). The summed E-state index contributed by atoms with van der Waals surface area (Å²) in [6, 6.07) is 66.9. The third kappa shape index (κ3) is 5.03. The first-order chi connectivity index (χ1) is 32.5. The van der Waals surface area contributed by atoms with E-state index in [2.05, 4.69) is 188 Å². The number of benzene rings is 8. The predicted octanol–water partition coefficient (Wildman–Crippen LogP) is 17.2. The zero-order valence-electron chi connectivity index (χ0n) is 37.6. The van der Waals surface area contributed by atoms with Crippen LogP contribution in [0.1, 0.15) is 80.5 Å². The van der Waals surface area contributed by atoms with E-state index < -0.39 is 0 Å². The summed E-state index contributed by atoms with van der Waals surface area (Å²) in [5.74, 6) is 4.19. The van der Waals surface area contributed by atoms with Crippen LogP contribution in [0.5, 0.6) is 0 Å². The lowest BCUT2D eigenvalue weighted by Gasteiger charge is -2.51. The smallest absolute Gasteiger partial charge is 0.137 e. The molecule has 8 aromatic carbocycles. The van der Waals surface area contributed by atoms with Gasteiger partial charge in [-0.3, -0.25) is 0 Å². The molecule has 66 heavy (non-hydrogen) atoms. The first kappa shape index (κ1) is 37.6. The van der Waals surface area contributed by atoms with Gasteiger partial charge in [0.25, 0.3) is 0 Å². The molecule has 0 aliphatic heterocycles. The van der Waals surface area contributed by atoms with Crippen molar-refractivity contribution in [2.24, 2.45) is 29.6 Å². The van der Waals surface area contributed by atoms with Crippen molar-refractivity contribution in [1.82, 2.24) is 0 Å². The van der Waals surface area contributed by atoms with Gasteiger partial charge in [-0.25, -0.2) is 0 Å². The quantitative estimate of drug-likeness (QED) is 0.172. The lowest BCUT2D eigenvalue weighted by molar-refractivity contribution is 0.0394. The second kappa shape index (κ2) is 13.7. The Labute approximate surface area is 387 Å². The summed E-state index contributed by atoms with van der Waals surface area (Å²) in [5, 5.41) is 2.31. The molecule has 4 saturated carbocycles. The molecule has 6 aliphatic rings. The van der Waals surface area contributed by atoms with Crippen molar-refractivity contribution in [3.05, 3.63) is 198 Å². The summed E-state index contributed by atoms with van der Waals surface area (Å²) in [6.45, 7) is 2.53. The fourth-order valence-electron chi connectivity index (χ4n) is 15.6. The molecule has 0 radical (unpaired) electrons. The van der Waals surface area contributed by atoms with Gasteiger partial charge in [-0.2, -0.15) is 0 Å². The molecule has 2 heteroatoms. The molecule has 2 bridgehead atoms. The SMILES string of the molecule is C[C@@H]1CC2C[C@@H]3C2C[C@H](C1)[C@@]31c2ccccc2-c2cc(-c3ccc4c(c3)oc3cc(N(c5ccc(-c6ccccc6)cc5)c5ccc6c(c5)C5(CCCC5)c5ccccc5-6)ccc34)ccc21. The highest BCUT2D eigenvalue weighted by Gasteiger charge is 2.66. The largest absolute Gasteiger partial charge is 0.456 e. The van der Waals surface area contributed by atoms with Gasteiger partial charge in [0.2, 0.25) is 0 Å². The topological polar surface area (TPSA) is 16.4 Å². The van der Waals surface area contributed by atoms with E-state index >= 15 is 0 Å². The molecule has 320 valence electrons. The highest BCUT2D eigenvalue weighted by atomic mass is 16.3. The minimum absolute atomic E-state index is 0.0860. The van der Waals surface area contributed by atoms with Crippen LogP contribution in [0.4, 0.5) is 17.1 Å². The van der Waals surface area contributed by atoms with Crippen LogP contribution in [-0.2, 0) is 10.8 Å². The Morgan fingerprint density at radius 3 is 1.89 bits per heavy atom. The van der Waals surface area contributed by atoms with E-state index in [0.717, 1.165) is 62.9 Å². The van der Waals surface area contributed by atoms with Crippen molar-refractivity contribution in [3.63, 3.8) is 0 Å². The van der Waals surface area contributed by atoms with Crippen molar-refractivity contribution in [1.29, 1.82) is 0 Å². The van der Waals surface area contributed by atoms with Crippen LogP contribution in [0.15, 0.2) is 180 Å². The van der Waals surface area contributed by atoms with E-state index in [-0.39, 0.29) is 10.8 Å². The molecule has 9 aromatic rings. The third-order valence-corrected chi connectivity index (χ3v) is 18.2. The van der Waals surface area contributed by atoms with E-state index in [1.165, 1.54) is 113 Å². The molecule has 2 unspecified atom stereocenters. The molecule has 1 heterocycles. The molecule has 1 aromatic heterocycles. The summed E-state index contributed by atoms with van der Waals surface area (Å²) in [4.78, 5) is 2.44. The van der Waals surface area contributed by atoms with Crippen LogP contribution in [-0.4, -0.2) is 0 Å². The second-order valence-corrected chi connectivity index (χ2v) is 21.3. The molecular formula is C64H53NO. The molecule has 0 amide bonds. The van der Waals surface area contributed by atoms with Gasteiger partial charge in [0.05, 0.1) is 0 Å². The highest BCUT2D eigenvalue weighted by molar-refractivity contribution is 6.07. The summed E-state index contributed by atoms with van der Waals surface area (Å²) in [6.07, 6.45) is 10.6. The molecule has 2 nitrogen and oxygen atoms in total. The van der Waals surface area contributed by atoms with Crippen molar-refractivity contribution in [2.75, 3.05) is 4.90 Å². The van der Waals surface area contributed by atoms with E-state index in [0.29, 0.717) is 0 Å². The molecule has 2 spiro atoms. The van der Waals surface area contributed by atoms with Crippen LogP contribution < -0.4 is 4.90 Å². The fraction of sp³-hybridized carbons (Fsp3) is 0.250. The number of nitrogens with zero attached hydrogens (tertiary/aromatic N) is 1. The number of hydrogen-bond acceptors (Lipinski definition) is 2. The van der Waals surface area contributed by atoms with E-state index in [1.807, 2.05) is 0 Å². The lowest BCUT2D eigenvalue weighted by atomic mass is 9.52. The van der Waals surface area contributed by atoms with Crippen LogP contribution >= 0.6 is 0 Å². The first-order valence-electron chi connectivity index (χ1n) is 25.0. The van der Waals surface area contributed by atoms with Crippen molar-refractivity contribution in [2.45, 2.75) is 69.1 Å². The summed E-state index contributed by atoms with van der Waals surface area (Å²) in [7, 11) is 0. The Balaban J connectivity index is 0.830. The number of fused-ring (bicyclic) bond motifs is 16. The Morgan fingerprint density at radius 2 is 1.06 bits per heavy atom. The Hall–Kier alpha value is -6.64. The molecule has 0 saturated heterocycles. The fourth-order valence-corrected chi connectivity index (χ4v) is 15.6. The molecule has 4 fully saturated rings. The number of anilines is 3. The van der Waals surface area contributed by atoms with Gasteiger partial charge < -0.3 is 9.32 Å². The monoisotopic (exact) mass is 851 g/mol. The predicted molar refractivity (Wildman–Crippen MR) is 272 cm³/mol. The Bertz CT molecular complexity index is 3440. The van der Waals surface area contributed by atoms with Gasteiger partial charge in [-0.05, 0) is 189 Å². The summed E-state index contributed by atoms with van der Waals surface area (Å²) in [5.41, 5.74) is 22.4. The van der Waals surface area contributed by atoms with Crippen LogP contribution in [0.25, 0.3) is 66.4 Å². The van der Waals surface area contributed by atoms with E-state index in [9.17, 15) is 0 Å².